The first kappa shape index (κ1) is 20.2. The summed E-state index contributed by atoms with van der Waals surface area (Å²) in [5.41, 5.74) is -0.0731. The van der Waals surface area contributed by atoms with Gasteiger partial charge in [0, 0.05) is 0 Å². The van der Waals surface area contributed by atoms with E-state index in [2.05, 4.69) is 5.32 Å². The summed E-state index contributed by atoms with van der Waals surface area (Å²) in [7, 11) is 0. The van der Waals surface area contributed by atoms with Crippen LogP contribution in [-0.4, -0.2) is 37.7 Å². The molecule has 30 heavy (non-hydrogen) atoms. The maximum absolute atomic E-state index is 13.3. The van der Waals surface area contributed by atoms with Crippen LogP contribution in [0.1, 0.15) is 31.2 Å². The number of ether oxygens (including phenoxy) is 3. The molecule has 0 radical (unpaired) electrons. The van der Waals surface area contributed by atoms with Crippen molar-refractivity contribution >= 4 is 11.9 Å². The Morgan fingerprint density at radius 3 is 2.50 bits per heavy atom. The van der Waals surface area contributed by atoms with Crippen molar-refractivity contribution in [1.82, 2.24) is 5.32 Å². The zero-order chi connectivity index (χ0) is 21.0. The van der Waals surface area contributed by atoms with Crippen molar-refractivity contribution in [2.24, 2.45) is 0 Å². The molecule has 1 N–H and O–H groups in total. The van der Waals surface area contributed by atoms with E-state index in [9.17, 15) is 14.0 Å². The lowest BCUT2D eigenvalue weighted by molar-refractivity contribution is -0.154. The zero-order valence-electron chi connectivity index (χ0n) is 16.6. The lowest BCUT2D eigenvalue weighted by Crippen LogP contribution is -2.43. The highest BCUT2D eigenvalue weighted by Gasteiger charge is 2.44. The van der Waals surface area contributed by atoms with E-state index in [1.807, 2.05) is 24.3 Å². The van der Waals surface area contributed by atoms with Crippen molar-refractivity contribution < 1.29 is 28.2 Å². The molecule has 6 nitrogen and oxygen atoms in total. The van der Waals surface area contributed by atoms with Gasteiger partial charge in [0.05, 0.1) is 12.0 Å². The number of amides is 1. The molecule has 0 spiro atoms. The molecule has 1 saturated carbocycles. The van der Waals surface area contributed by atoms with Crippen molar-refractivity contribution in [3.8, 4) is 11.5 Å². The third-order valence-electron chi connectivity index (χ3n) is 5.67. The van der Waals surface area contributed by atoms with Gasteiger partial charge in [0.25, 0.3) is 5.91 Å². The van der Waals surface area contributed by atoms with E-state index in [1.165, 1.54) is 12.1 Å². The molecule has 2 aromatic rings. The largest absolute Gasteiger partial charge is 0.486 e. The molecule has 0 bridgehead atoms. The monoisotopic (exact) mass is 413 g/mol. The van der Waals surface area contributed by atoms with Crippen LogP contribution in [0.2, 0.25) is 0 Å². The number of hydrogen-bond donors (Lipinski definition) is 1. The summed E-state index contributed by atoms with van der Waals surface area (Å²) < 4.78 is 30.1. The number of nitrogens with one attached hydrogen (secondary N) is 1. The van der Waals surface area contributed by atoms with Gasteiger partial charge < -0.3 is 19.5 Å². The summed E-state index contributed by atoms with van der Waals surface area (Å²) in [5.74, 6) is 0.121. The fraction of sp³-hybridized carbons (Fsp3) is 0.391. The number of para-hydroxylation sites is 2. The highest BCUT2D eigenvalue weighted by Crippen LogP contribution is 2.42. The highest BCUT2D eigenvalue weighted by molar-refractivity contribution is 5.86. The summed E-state index contributed by atoms with van der Waals surface area (Å²) in [6.07, 6.45) is 2.72. The molecule has 1 amide bonds. The number of fused-ring (bicyclic) bond motifs is 1. The van der Waals surface area contributed by atoms with Gasteiger partial charge in [-0.2, -0.15) is 0 Å². The second-order valence-corrected chi connectivity index (χ2v) is 7.67. The van der Waals surface area contributed by atoms with Crippen LogP contribution in [-0.2, 0) is 19.7 Å². The number of benzene rings is 2. The number of carbonyl (C=O) groups excluding carboxylic acids is 2. The number of halogens is 1. The fourth-order valence-corrected chi connectivity index (χ4v) is 4.07. The molecule has 2 aromatic carbocycles. The van der Waals surface area contributed by atoms with Crippen LogP contribution in [0.4, 0.5) is 4.39 Å². The zero-order valence-corrected chi connectivity index (χ0v) is 16.6. The average molecular weight is 413 g/mol. The molecule has 1 atom stereocenters. The first-order valence-electron chi connectivity index (χ1n) is 10.2. The van der Waals surface area contributed by atoms with Gasteiger partial charge in [-0.3, -0.25) is 9.59 Å². The van der Waals surface area contributed by atoms with E-state index in [0.29, 0.717) is 30.9 Å². The SMILES string of the molecule is O=C(COC(=O)C1(c2ccc(F)cc2)CCCC1)NC[C@@H]1COc2ccccc2O1. The lowest BCUT2D eigenvalue weighted by Gasteiger charge is -2.27. The van der Waals surface area contributed by atoms with Gasteiger partial charge in [0.15, 0.2) is 18.1 Å². The molecule has 0 saturated heterocycles. The summed E-state index contributed by atoms with van der Waals surface area (Å²) in [5, 5.41) is 2.72. The third-order valence-corrected chi connectivity index (χ3v) is 5.67. The van der Waals surface area contributed by atoms with Crippen molar-refractivity contribution in [1.29, 1.82) is 0 Å². The molecule has 1 heterocycles. The van der Waals surface area contributed by atoms with Gasteiger partial charge in [-0.15, -0.1) is 0 Å². The summed E-state index contributed by atoms with van der Waals surface area (Å²) in [6.45, 7) is 0.199. The number of hydrogen-bond acceptors (Lipinski definition) is 5. The predicted molar refractivity (Wildman–Crippen MR) is 107 cm³/mol. The van der Waals surface area contributed by atoms with E-state index in [0.717, 1.165) is 18.4 Å². The summed E-state index contributed by atoms with van der Waals surface area (Å²) >= 11 is 0. The van der Waals surface area contributed by atoms with Gasteiger partial charge in [-0.05, 0) is 42.7 Å². The Bertz CT molecular complexity index is 908. The lowest BCUT2D eigenvalue weighted by atomic mass is 9.79. The van der Waals surface area contributed by atoms with E-state index >= 15 is 0 Å². The van der Waals surface area contributed by atoms with Crippen LogP contribution in [0.15, 0.2) is 48.5 Å². The Morgan fingerprint density at radius 2 is 1.77 bits per heavy atom. The molecule has 4 rings (SSSR count). The maximum Gasteiger partial charge on any atom is 0.317 e. The molecular formula is C23H24FNO5. The number of esters is 1. The van der Waals surface area contributed by atoms with Crippen molar-refractivity contribution in [3.05, 3.63) is 59.9 Å². The van der Waals surface area contributed by atoms with Crippen LogP contribution < -0.4 is 14.8 Å². The van der Waals surface area contributed by atoms with Gasteiger partial charge in [0.2, 0.25) is 0 Å². The predicted octanol–water partition coefficient (Wildman–Crippen LogP) is 3.14. The Morgan fingerprint density at radius 1 is 1.07 bits per heavy atom. The molecule has 2 aliphatic rings. The Kier molecular flexibility index (Phi) is 5.88. The topological polar surface area (TPSA) is 73.9 Å². The molecule has 1 fully saturated rings. The molecule has 0 unspecified atom stereocenters. The fourth-order valence-electron chi connectivity index (χ4n) is 4.07. The van der Waals surface area contributed by atoms with Gasteiger partial charge in [-0.1, -0.05) is 37.1 Å². The van der Waals surface area contributed by atoms with Crippen LogP contribution in [0, 0.1) is 5.82 Å². The second kappa shape index (κ2) is 8.73. The van der Waals surface area contributed by atoms with E-state index in [4.69, 9.17) is 14.2 Å². The van der Waals surface area contributed by atoms with Gasteiger partial charge >= 0.3 is 5.97 Å². The standard InChI is InChI=1S/C23H24FNO5/c24-17-9-7-16(8-10-17)23(11-3-4-12-23)22(27)29-15-21(26)25-13-18-14-28-19-5-1-2-6-20(19)30-18/h1-2,5-10,18H,3-4,11-15H2,(H,25,26)/t18-/m1/s1. The summed E-state index contributed by atoms with van der Waals surface area (Å²) in [4.78, 5) is 25.1. The van der Waals surface area contributed by atoms with Crippen LogP contribution in [0.3, 0.4) is 0 Å². The van der Waals surface area contributed by atoms with Crippen molar-refractivity contribution in [2.75, 3.05) is 19.8 Å². The molecule has 1 aliphatic heterocycles. The van der Waals surface area contributed by atoms with E-state index in [1.54, 1.807) is 12.1 Å². The van der Waals surface area contributed by atoms with Crippen molar-refractivity contribution in [3.63, 3.8) is 0 Å². The number of rotatable bonds is 6. The van der Waals surface area contributed by atoms with Crippen LogP contribution in [0.25, 0.3) is 0 Å². The minimum absolute atomic E-state index is 0.244. The van der Waals surface area contributed by atoms with Crippen LogP contribution in [0.5, 0.6) is 11.5 Å². The number of carbonyl (C=O) groups is 2. The third kappa shape index (κ3) is 4.25. The van der Waals surface area contributed by atoms with Gasteiger partial charge in [-0.25, -0.2) is 4.39 Å². The molecule has 0 aromatic heterocycles. The van der Waals surface area contributed by atoms with Crippen LogP contribution >= 0.6 is 0 Å². The van der Waals surface area contributed by atoms with E-state index in [-0.39, 0.29) is 25.1 Å². The summed E-state index contributed by atoms with van der Waals surface area (Å²) in [6, 6.07) is 13.3. The minimum Gasteiger partial charge on any atom is -0.486 e. The van der Waals surface area contributed by atoms with Crippen molar-refractivity contribution in [2.45, 2.75) is 37.2 Å². The molecule has 1 aliphatic carbocycles. The Balaban J connectivity index is 1.29. The highest BCUT2D eigenvalue weighted by atomic mass is 19.1. The average Bonchev–Trinajstić information content (AvgIpc) is 3.27. The first-order valence-corrected chi connectivity index (χ1v) is 10.2. The first-order chi connectivity index (χ1) is 14.6. The van der Waals surface area contributed by atoms with E-state index < -0.39 is 17.3 Å². The Hall–Kier alpha value is -3.09. The quantitative estimate of drug-likeness (QED) is 0.737. The Labute approximate surface area is 174 Å². The molecular weight excluding hydrogens is 389 g/mol. The smallest absolute Gasteiger partial charge is 0.317 e. The second-order valence-electron chi connectivity index (χ2n) is 7.67. The normalized spacial score (nSPS) is 19.2. The minimum atomic E-state index is -0.808. The van der Waals surface area contributed by atoms with Gasteiger partial charge in [0.1, 0.15) is 18.5 Å². The molecule has 158 valence electrons. The molecule has 7 heteroatoms. The maximum atomic E-state index is 13.3.